The lowest BCUT2D eigenvalue weighted by Gasteiger charge is -2.21. The number of unbranched alkanes of at least 4 members (excludes halogenated alkanes) is 1. The molecule has 0 aromatic carbocycles. The van der Waals surface area contributed by atoms with Gasteiger partial charge in [0.1, 0.15) is 5.25 Å². The van der Waals surface area contributed by atoms with Crippen molar-refractivity contribution in [1.82, 2.24) is 0 Å². The van der Waals surface area contributed by atoms with Crippen LogP contribution in [0.3, 0.4) is 0 Å². The first kappa shape index (κ1) is 21.5. The van der Waals surface area contributed by atoms with Crippen molar-refractivity contribution in [3.8, 4) is 0 Å². The Labute approximate surface area is 132 Å². The molecule has 2 nitrogen and oxygen atoms in total. The van der Waals surface area contributed by atoms with Crippen LogP contribution in [0.5, 0.6) is 0 Å². The fourth-order valence-corrected chi connectivity index (χ4v) is 2.67. The number of hydrogen-bond donors (Lipinski definition) is 0. The minimum Gasteiger partial charge on any atom is -0.465 e. The van der Waals surface area contributed by atoms with Gasteiger partial charge in [0.2, 0.25) is 0 Å². The fourth-order valence-electron chi connectivity index (χ4n) is 1.47. The van der Waals surface area contributed by atoms with Gasteiger partial charge >= 0.3 is 18.1 Å². The third-order valence-electron chi connectivity index (χ3n) is 2.79. The van der Waals surface area contributed by atoms with Crippen molar-refractivity contribution in [3.63, 3.8) is 0 Å². The maximum Gasteiger partial charge on any atom is 0.453 e. The number of alkyl halides is 5. The Hall–Kier alpha value is -0.530. The maximum absolute atomic E-state index is 12.8. The van der Waals surface area contributed by atoms with E-state index in [1.807, 2.05) is 20.8 Å². The van der Waals surface area contributed by atoms with E-state index in [0.717, 1.165) is 18.2 Å². The van der Waals surface area contributed by atoms with Gasteiger partial charge in [0.25, 0.3) is 0 Å². The highest BCUT2D eigenvalue weighted by Crippen LogP contribution is 2.39. The zero-order valence-corrected chi connectivity index (χ0v) is 13.8. The summed E-state index contributed by atoms with van der Waals surface area (Å²) in [5.74, 6) is -5.58. The van der Waals surface area contributed by atoms with Gasteiger partial charge in [-0.15, -0.1) is 11.8 Å². The molecular formula is C14H23F5O2S. The van der Waals surface area contributed by atoms with Crippen LogP contribution in [0.25, 0.3) is 0 Å². The number of esters is 1. The van der Waals surface area contributed by atoms with E-state index in [0.29, 0.717) is 12.8 Å². The molecule has 0 aliphatic rings. The molecule has 1 unspecified atom stereocenters. The smallest absolute Gasteiger partial charge is 0.453 e. The van der Waals surface area contributed by atoms with Gasteiger partial charge in [0.05, 0.1) is 6.61 Å². The van der Waals surface area contributed by atoms with E-state index in [-0.39, 0.29) is 12.5 Å². The Morgan fingerprint density at radius 3 is 2.23 bits per heavy atom. The Morgan fingerprint density at radius 2 is 1.77 bits per heavy atom. The highest BCUT2D eigenvalue weighted by Gasteiger charge is 2.56. The molecule has 0 heterocycles. The summed E-state index contributed by atoms with van der Waals surface area (Å²) < 4.78 is 66.9. The minimum atomic E-state index is -5.55. The number of thioether (sulfide) groups is 1. The van der Waals surface area contributed by atoms with Crippen LogP contribution in [0.2, 0.25) is 0 Å². The van der Waals surface area contributed by atoms with Gasteiger partial charge in [0.15, 0.2) is 0 Å². The fraction of sp³-hybridized carbons (Fsp3) is 0.929. The number of carbonyl (C=O) groups excluding carboxylic acids is 1. The van der Waals surface area contributed by atoms with E-state index in [4.69, 9.17) is 4.74 Å². The zero-order valence-electron chi connectivity index (χ0n) is 13.0. The summed E-state index contributed by atoms with van der Waals surface area (Å²) in [4.78, 5) is 11.9. The molecule has 0 fully saturated rings. The molecule has 0 rings (SSSR count). The second-order valence-corrected chi connectivity index (χ2v) is 6.79. The van der Waals surface area contributed by atoms with Crippen LogP contribution >= 0.6 is 11.8 Å². The van der Waals surface area contributed by atoms with Crippen LogP contribution in [0.1, 0.15) is 46.5 Å². The van der Waals surface area contributed by atoms with Gasteiger partial charge in [-0.1, -0.05) is 33.6 Å². The van der Waals surface area contributed by atoms with Crippen LogP contribution in [0.15, 0.2) is 0 Å². The van der Waals surface area contributed by atoms with Crippen LogP contribution in [-0.2, 0) is 9.53 Å². The van der Waals surface area contributed by atoms with Crippen molar-refractivity contribution in [1.29, 1.82) is 0 Å². The van der Waals surface area contributed by atoms with Gasteiger partial charge in [-0.25, -0.2) is 0 Å². The third kappa shape index (κ3) is 8.19. The molecule has 0 saturated carbocycles. The Bertz CT molecular complexity index is 332. The molecule has 132 valence electrons. The maximum atomic E-state index is 12.8. The summed E-state index contributed by atoms with van der Waals surface area (Å²) in [6.07, 6.45) is -4.99. The van der Waals surface area contributed by atoms with Crippen LogP contribution in [-0.4, -0.2) is 35.7 Å². The molecule has 0 spiro atoms. The Morgan fingerprint density at radius 1 is 1.18 bits per heavy atom. The van der Waals surface area contributed by atoms with Crippen LogP contribution < -0.4 is 0 Å². The van der Waals surface area contributed by atoms with E-state index in [1.54, 1.807) is 0 Å². The topological polar surface area (TPSA) is 26.3 Å². The highest BCUT2D eigenvalue weighted by molar-refractivity contribution is 8.00. The SMILES string of the molecule is CCCCC(SCCC(F)(F)C(F)(F)F)C(=O)OCC(C)C. The number of halogens is 5. The first-order valence-electron chi connectivity index (χ1n) is 7.24. The molecule has 1 atom stereocenters. The molecule has 8 heteroatoms. The lowest BCUT2D eigenvalue weighted by Crippen LogP contribution is -2.37. The lowest BCUT2D eigenvalue weighted by atomic mass is 10.2. The van der Waals surface area contributed by atoms with Crippen molar-refractivity contribution >= 4 is 17.7 Å². The van der Waals surface area contributed by atoms with E-state index < -0.39 is 35.5 Å². The number of rotatable bonds is 10. The molecule has 0 amide bonds. The highest BCUT2D eigenvalue weighted by atomic mass is 32.2. The molecule has 0 aromatic heterocycles. The average molecular weight is 350 g/mol. The normalized spacial score (nSPS) is 14.2. The number of ether oxygens (including phenoxy) is 1. The van der Waals surface area contributed by atoms with Crippen molar-refractivity contribution in [2.24, 2.45) is 5.92 Å². The second-order valence-electron chi connectivity index (χ2n) is 5.48. The summed E-state index contributed by atoms with van der Waals surface area (Å²) in [5.41, 5.74) is 0. The van der Waals surface area contributed by atoms with Gasteiger partial charge in [-0.2, -0.15) is 22.0 Å². The van der Waals surface area contributed by atoms with Crippen molar-refractivity contribution < 1.29 is 31.5 Å². The molecule has 0 aromatic rings. The Balaban J connectivity index is 4.44. The molecule has 22 heavy (non-hydrogen) atoms. The van der Waals surface area contributed by atoms with Crippen molar-refractivity contribution in [2.75, 3.05) is 12.4 Å². The molecule has 0 N–H and O–H groups in total. The average Bonchev–Trinajstić information content (AvgIpc) is 2.38. The van der Waals surface area contributed by atoms with Crippen molar-refractivity contribution in [3.05, 3.63) is 0 Å². The van der Waals surface area contributed by atoms with Gasteiger partial charge < -0.3 is 4.74 Å². The van der Waals surface area contributed by atoms with E-state index >= 15 is 0 Å². The first-order valence-corrected chi connectivity index (χ1v) is 8.29. The summed E-state index contributed by atoms with van der Waals surface area (Å²) >= 11 is 0.810. The van der Waals surface area contributed by atoms with E-state index in [1.165, 1.54) is 0 Å². The van der Waals surface area contributed by atoms with Crippen molar-refractivity contribution in [2.45, 2.75) is 63.8 Å². The van der Waals surface area contributed by atoms with Gasteiger partial charge in [-0.3, -0.25) is 4.79 Å². The predicted molar refractivity (Wildman–Crippen MR) is 77.2 cm³/mol. The van der Waals surface area contributed by atoms with Crippen LogP contribution in [0, 0.1) is 5.92 Å². The largest absolute Gasteiger partial charge is 0.465 e. The molecule has 0 radical (unpaired) electrons. The monoisotopic (exact) mass is 350 g/mol. The van der Waals surface area contributed by atoms with Gasteiger partial charge in [0, 0.05) is 12.2 Å². The first-order chi connectivity index (χ1) is 10.0. The zero-order chi connectivity index (χ0) is 17.4. The minimum absolute atomic E-state index is 0.135. The summed E-state index contributed by atoms with van der Waals surface area (Å²) in [6.45, 7) is 5.82. The summed E-state index contributed by atoms with van der Waals surface area (Å²) in [5, 5.41) is -0.692. The molecule has 0 aliphatic heterocycles. The molecule has 0 saturated heterocycles. The second kappa shape index (κ2) is 9.57. The van der Waals surface area contributed by atoms with Crippen LogP contribution in [0.4, 0.5) is 22.0 Å². The summed E-state index contributed by atoms with van der Waals surface area (Å²) in [6, 6.07) is 0. The predicted octanol–water partition coefficient (Wildman–Crippen LogP) is 5.07. The number of carbonyl (C=O) groups is 1. The molecule has 0 aliphatic carbocycles. The summed E-state index contributed by atoms with van der Waals surface area (Å²) in [7, 11) is 0. The van der Waals surface area contributed by atoms with Gasteiger partial charge in [-0.05, 0) is 12.3 Å². The Kier molecular flexibility index (Phi) is 9.34. The molecular weight excluding hydrogens is 327 g/mol. The quantitative estimate of drug-likeness (QED) is 0.407. The van der Waals surface area contributed by atoms with E-state index in [9.17, 15) is 26.7 Å². The lowest BCUT2D eigenvalue weighted by molar-refractivity contribution is -0.282. The number of hydrogen-bond acceptors (Lipinski definition) is 3. The standard InChI is InChI=1S/C14H23F5O2S/c1-4-5-6-11(12(20)21-9-10(2)3)22-8-7-13(15,16)14(17,18)19/h10-11H,4-9H2,1-3H3. The third-order valence-corrected chi connectivity index (χ3v) is 4.06. The molecule has 0 bridgehead atoms. The van der Waals surface area contributed by atoms with E-state index in [2.05, 4.69) is 0 Å².